The van der Waals surface area contributed by atoms with Gasteiger partial charge in [0.1, 0.15) is 12.7 Å². The highest BCUT2D eigenvalue weighted by atomic mass is 32.2. The van der Waals surface area contributed by atoms with Crippen LogP contribution in [0, 0.1) is 0 Å². The highest BCUT2D eigenvalue weighted by Crippen LogP contribution is 2.10. The Morgan fingerprint density at radius 3 is 2.28 bits per heavy atom. The van der Waals surface area contributed by atoms with Crippen LogP contribution in [-0.4, -0.2) is 54.0 Å². The third-order valence-electron chi connectivity index (χ3n) is 2.94. The van der Waals surface area contributed by atoms with E-state index in [1.54, 1.807) is 20.8 Å². The molecule has 0 heterocycles. The molecular weight excluding hydrogens is 368 g/mol. The van der Waals surface area contributed by atoms with Crippen molar-refractivity contribution in [1.82, 2.24) is 5.32 Å². The summed E-state index contributed by atoms with van der Waals surface area (Å²) in [6.45, 7) is 4.92. The molecule has 10 heteroatoms. The van der Waals surface area contributed by atoms with Crippen LogP contribution in [0.3, 0.4) is 0 Å². The maximum absolute atomic E-state index is 11.7. The van der Waals surface area contributed by atoms with Crippen molar-refractivity contribution >= 4 is 48.3 Å². The van der Waals surface area contributed by atoms with Crippen molar-refractivity contribution in [2.24, 2.45) is 4.40 Å². The number of nitrogens with one attached hydrogen (secondary N) is 1. The molecule has 0 aliphatic heterocycles. The number of thioether (sulfide) groups is 1. The summed E-state index contributed by atoms with van der Waals surface area (Å²) < 4.78 is 13.4. The molecule has 25 heavy (non-hydrogen) atoms. The van der Waals surface area contributed by atoms with Crippen molar-refractivity contribution in [3.05, 3.63) is 0 Å². The molecule has 0 rings (SSSR count). The normalized spacial score (nSPS) is 13.6. The molecule has 0 aromatic rings. The van der Waals surface area contributed by atoms with E-state index >= 15 is 0 Å². The summed E-state index contributed by atoms with van der Waals surface area (Å²) in [4.78, 5) is 34.2. The van der Waals surface area contributed by atoms with Gasteiger partial charge in [-0.3, -0.25) is 14.4 Å². The lowest BCUT2D eigenvalue weighted by atomic mass is 10.3. The zero-order valence-corrected chi connectivity index (χ0v) is 16.2. The van der Waals surface area contributed by atoms with E-state index in [4.69, 9.17) is 9.47 Å². The van der Waals surface area contributed by atoms with Gasteiger partial charge in [-0.25, -0.2) is 0 Å². The molecule has 0 aromatic carbocycles. The fourth-order valence-electron chi connectivity index (χ4n) is 1.53. The molecule has 1 unspecified atom stereocenters. The summed E-state index contributed by atoms with van der Waals surface area (Å²) in [7, 11) is 0. The zero-order chi connectivity index (χ0) is 19.2. The van der Waals surface area contributed by atoms with Crippen molar-refractivity contribution in [2.45, 2.75) is 52.2 Å². The van der Waals surface area contributed by atoms with E-state index in [1.165, 1.54) is 11.8 Å². The van der Waals surface area contributed by atoms with Gasteiger partial charge in [0.15, 0.2) is 0 Å². The van der Waals surface area contributed by atoms with Crippen LogP contribution in [0.15, 0.2) is 4.40 Å². The molecule has 8 nitrogen and oxygen atoms in total. The number of carbonyl (C=O) groups is 3. The van der Waals surface area contributed by atoms with E-state index in [0.717, 1.165) is 0 Å². The molecular formula is C15H24N2O6S2-2. The van der Waals surface area contributed by atoms with Crippen LogP contribution in [0.4, 0.5) is 0 Å². The van der Waals surface area contributed by atoms with Gasteiger partial charge in [0.2, 0.25) is 5.91 Å². The predicted molar refractivity (Wildman–Crippen MR) is 95.8 cm³/mol. The third kappa shape index (κ3) is 10.8. The SMILES string of the molecule is CCC(=O)N[C@@H](CSCC(COC(=O)CC)OC(=O)CC)C([O-])=N[S-]. The molecule has 0 radical (unpaired) electrons. The van der Waals surface area contributed by atoms with Crippen molar-refractivity contribution in [2.75, 3.05) is 18.1 Å². The summed E-state index contributed by atoms with van der Waals surface area (Å²) in [5.41, 5.74) is 0. The standard InChI is InChI=1S/C15H26N2O6S2/c1-4-12(18)16-11(15(21)17-24)9-25-8-10(23-14(20)6-3)7-22-13(19)5-2/h10-11,24H,4-9H2,1-3H3,(H,16,18)(H,17,21)/p-2/t10?,11-/m0/s1. The van der Waals surface area contributed by atoms with Gasteiger partial charge in [-0.1, -0.05) is 20.8 Å². The van der Waals surface area contributed by atoms with Crippen LogP contribution in [0.2, 0.25) is 0 Å². The van der Waals surface area contributed by atoms with Gasteiger partial charge in [-0.05, 0) is 5.90 Å². The van der Waals surface area contributed by atoms with Crippen molar-refractivity contribution in [3.63, 3.8) is 0 Å². The summed E-state index contributed by atoms with van der Waals surface area (Å²) in [5.74, 6) is -1.19. The number of carbonyl (C=O) groups excluding carboxylic acids is 3. The monoisotopic (exact) mass is 392 g/mol. The molecule has 2 atom stereocenters. The average molecular weight is 392 g/mol. The lowest BCUT2D eigenvalue weighted by Gasteiger charge is -2.26. The third-order valence-corrected chi connectivity index (χ3v) is 4.29. The van der Waals surface area contributed by atoms with E-state index in [9.17, 15) is 19.5 Å². The fourth-order valence-corrected chi connectivity index (χ4v) is 2.68. The van der Waals surface area contributed by atoms with Gasteiger partial charge in [0.05, 0.1) is 6.04 Å². The van der Waals surface area contributed by atoms with Crippen molar-refractivity contribution in [3.8, 4) is 0 Å². The molecule has 0 aromatic heterocycles. The highest BCUT2D eigenvalue weighted by molar-refractivity contribution is 7.99. The van der Waals surface area contributed by atoms with E-state index in [0.29, 0.717) is 5.75 Å². The van der Waals surface area contributed by atoms with E-state index < -0.39 is 30.0 Å². The first kappa shape index (κ1) is 23.4. The number of rotatable bonds is 12. The Bertz CT molecular complexity index is 473. The molecule has 1 amide bonds. The second-order valence-electron chi connectivity index (χ2n) is 4.94. The van der Waals surface area contributed by atoms with Gasteiger partial charge < -0.3 is 37.1 Å². The summed E-state index contributed by atoms with van der Waals surface area (Å²) >= 11 is 5.65. The Labute approximate surface area is 157 Å². The maximum atomic E-state index is 11.7. The van der Waals surface area contributed by atoms with Crippen LogP contribution in [0.25, 0.3) is 0 Å². The second kappa shape index (κ2) is 13.7. The Morgan fingerprint density at radius 2 is 1.76 bits per heavy atom. The fraction of sp³-hybridized carbons (Fsp3) is 0.733. The van der Waals surface area contributed by atoms with Crippen molar-refractivity contribution in [1.29, 1.82) is 0 Å². The Kier molecular flexibility index (Phi) is 12.9. The Morgan fingerprint density at radius 1 is 1.12 bits per heavy atom. The Hall–Kier alpha value is -1.55. The Balaban J connectivity index is 4.62. The lowest BCUT2D eigenvalue weighted by molar-refractivity contribution is -0.220. The van der Waals surface area contributed by atoms with Crippen molar-refractivity contribution < 1.29 is 29.0 Å². The first-order valence-electron chi connectivity index (χ1n) is 7.97. The lowest BCUT2D eigenvalue weighted by Crippen LogP contribution is -2.47. The van der Waals surface area contributed by atoms with Crippen LogP contribution in [0.5, 0.6) is 0 Å². The first-order chi connectivity index (χ1) is 11.9. The number of amides is 1. The van der Waals surface area contributed by atoms with Crippen LogP contribution < -0.4 is 10.4 Å². The molecule has 0 aliphatic rings. The highest BCUT2D eigenvalue weighted by Gasteiger charge is 2.18. The van der Waals surface area contributed by atoms with Crippen LogP contribution >= 0.6 is 11.8 Å². The minimum Gasteiger partial charge on any atom is -0.862 e. The van der Waals surface area contributed by atoms with Gasteiger partial charge in [0, 0.05) is 30.8 Å². The summed E-state index contributed by atoms with van der Waals surface area (Å²) in [6, 6.07) is -0.837. The molecule has 0 saturated heterocycles. The van der Waals surface area contributed by atoms with Crippen LogP contribution in [0.1, 0.15) is 40.0 Å². The number of ether oxygens (including phenoxy) is 2. The zero-order valence-electron chi connectivity index (χ0n) is 14.6. The number of hydrogen-bond acceptors (Lipinski definition) is 9. The van der Waals surface area contributed by atoms with E-state index in [-0.39, 0.29) is 37.5 Å². The number of hydrogen-bond donors (Lipinski definition) is 1. The smallest absolute Gasteiger partial charge is 0.305 e. The quantitative estimate of drug-likeness (QED) is 0.215. The average Bonchev–Trinajstić information content (AvgIpc) is 2.63. The second-order valence-corrected chi connectivity index (χ2v) is 6.20. The van der Waals surface area contributed by atoms with Gasteiger partial charge in [0.25, 0.3) is 0 Å². The summed E-state index contributed by atoms with van der Waals surface area (Å²) in [6.07, 6.45) is 0.0220. The van der Waals surface area contributed by atoms with Gasteiger partial charge in [-0.15, -0.1) is 0 Å². The van der Waals surface area contributed by atoms with Gasteiger partial charge in [-0.2, -0.15) is 11.8 Å². The molecule has 0 fully saturated rings. The molecule has 0 aliphatic carbocycles. The predicted octanol–water partition coefficient (Wildman–Crippen LogP) is 0.110. The van der Waals surface area contributed by atoms with Gasteiger partial charge >= 0.3 is 11.9 Å². The molecule has 0 bridgehead atoms. The first-order valence-corrected chi connectivity index (χ1v) is 9.49. The topological polar surface area (TPSA) is 117 Å². The molecule has 1 N–H and O–H groups in total. The molecule has 0 saturated carbocycles. The molecule has 144 valence electrons. The van der Waals surface area contributed by atoms with Crippen LogP contribution in [-0.2, 0) is 36.7 Å². The molecule has 0 spiro atoms. The number of nitrogens with zero attached hydrogens (tertiary/aromatic N) is 1. The maximum Gasteiger partial charge on any atom is 0.305 e. The number of esters is 2. The minimum absolute atomic E-state index is 0.0588. The van der Waals surface area contributed by atoms with E-state index in [2.05, 4.69) is 22.5 Å². The largest absolute Gasteiger partial charge is 0.862 e. The van der Waals surface area contributed by atoms with E-state index in [1.807, 2.05) is 0 Å². The minimum atomic E-state index is -0.837. The summed E-state index contributed by atoms with van der Waals surface area (Å²) in [5, 5.41) is 14.2.